The molecule has 0 fully saturated rings. The van der Waals surface area contributed by atoms with Crippen LogP contribution in [0.5, 0.6) is 0 Å². The summed E-state index contributed by atoms with van der Waals surface area (Å²) >= 11 is 0. The molecule has 1 aromatic rings. The second-order valence-electron chi connectivity index (χ2n) is 2.65. The molecule has 0 bridgehead atoms. The van der Waals surface area contributed by atoms with Gasteiger partial charge in [-0.2, -0.15) is 8.42 Å². The van der Waals surface area contributed by atoms with Crippen LogP contribution < -0.4 is 0 Å². The van der Waals surface area contributed by atoms with E-state index >= 15 is 0 Å². The van der Waals surface area contributed by atoms with Gasteiger partial charge in [0.1, 0.15) is 5.75 Å². The van der Waals surface area contributed by atoms with Gasteiger partial charge in [0.2, 0.25) is 0 Å². The Morgan fingerprint density at radius 1 is 1.31 bits per heavy atom. The normalized spacial score (nSPS) is 10.6. The minimum absolute atomic E-state index is 0. The average Bonchev–Trinajstić information content (AvgIpc) is 1.91. The van der Waals surface area contributed by atoms with E-state index in [1.54, 1.807) is 25.1 Å². The largest absolute Gasteiger partial charge is 0.285 e. The van der Waals surface area contributed by atoms with Crippen molar-refractivity contribution in [3.63, 3.8) is 0 Å². The van der Waals surface area contributed by atoms with Crippen molar-refractivity contribution < 1.29 is 13.0 Å². The summed E-state index contributed by atoms with van der Waals surface area (Å²) in [6.07, 6.45) is 0. The summed E-state index contributed by atoms with van der Waals surface area (Å²) in [6, 6.07) is 7.06. The summed E-state index contributed by atoms with van der Waals surface area (Å²) in [7, 11) is -3.90. The summed E-state index contributed by atoms with van der Waals surface area (Å²) in [5.74, 6) is -0.306. The van der Waals surface area contributed by atoms with E-state index in [0.29, 0.717) is 5.56 Å². The molecule has 0 amide bonds. The van der Waals surface area contributed by atoms with Gasteiger partial charge in [0, 0.05) is 29.6 Å². The van der Waals surface area contributed by atoms with Gasteiger partial charge < -0.3 is 0 Å². The number of hydrogen-bond donors (Lipinski definition) is 1. The molecular weight excluding hydrogens is 199 g/mol. The average molecular weight is 209 g/mol. The Morgan fingerprint density at radius 2 is 1.85 bits per heavy atom. The fourth-order valence-corrected chi connectivity index (χ4v) is 1.69. The molecule has 0 saturated heterocycles. The standard InChI is InChI=1S/C8H10O3S.Na/c1-7-4-2-3-5-8(7)6-12(9,10)11;/h2-5H,6H2,1H3,(H,9,10,11);. The Bertz CT molecular complexity index is 373. The zero-order valence-electron chi connectivity index (χ0n) is 7.69. The number of hydrogen-bond acceptors (Lipinski definition) is 2. The van der Waals surface area contributed by atoms with Gasteiger partial charge in [0.05, 0.1) is 0 Å². The van der Waals surface area contributed by atoms with Crippen LogP contribution in [0.1, 0.15) is 11.1 Å². The van der Waals surface area contributed by atoms with Crippen molar-refractivity contribution in [1.82, 2.24) is 0 Å². The molecule has 0 saturated carbocycles. The third-order valence-electron chi connectivity index (χ3n) is 1.60. The van der Waals surface area contributed by atoms with Crippen LogP contribution in [0.25, 0.3) is 0 Å². The molecule has 0 atom stereocenters. The predicted molar refractivity (Wildman–Crippen MR) is 52.2 cm³/mol. The Labute approximate surface area is 100 Å². The Kier molecular flexibility index (Phi) is 5.17. The third-order valence-corrected chi connectivity index (χ3v) is 2.27. The number of aryl methyl sites for hydroxylation is 1. The molecule has 0 aromatic heterocycles. The van der Waals surface area contributed by atoms with Crippen LogP contribution in [0.3, 0.4) is 0 Å². The van der Waals surface area contributed by atoms with E-state index in [1.807, 2.05) is 6.07 Å². The summed E-state index contributed by atoms with van der Waals surface area (Å²) in [4.78, 5) is 0. The first-order valence-electron chi connectivity index (χ1n) is 3.49. The summed E-state index contributed by atoms with van der Waals surface area (Å²) < 4.78 is 29.6. The minimum Gasteiger partial charge on any atom is -0.285 e. The molecule has 13 heavy (non-hydrogen) atoms. The van der Waals surface area contributed by atoms with Crippen molar-refractivity contribution in [3.8, 4) is 0 Å². The van der Waals surface area contributed by atoms with E-state index in [-0.39, 0.29) is 35.3 Å². The molecule has 3 nitrogen and oxygen atoms in total. The van der Waals surface area contributed by atoms with Gasteiger partial charge in [0.15, 0.2) is 0 Å². The van der Waals surface area contributed by atoms with Gasteiger partial charge in [-0.1, -0.05) is 24.3 Å². The molecule has 0 spiro atoms. The zero-order valence-corrected chi connectivity index (χ0v) is 10.5. The van der Waals surface area contributed by atoms with Gasteiger partial charge in [-0.05, 0) is 18.1 Å². The fourth-order valence-electron chi connectivity index (χ4n) is 0.969. The molecule has 0 aliphatic heterocycles. The van der Waals surface area contributed by atoms with E-state index in [4.69, 9.17) is 4.55 Å². The van der Waals surface area contributed by atoms with Crippen molar-refractivity contribution in [3.05, 3.63) is 35.4 Å². The maximum Gasteiger partial charge on any atom is 0.269 e. The monoisotopic (exact) mass is 209 g/mol. The van der Waals surface area contributed by atoms with Crippen molar-refractivity contribution in [2.45, 2.75) is 12.7 Å². The Hall–Kier alpha value is 0.130. The van der Waals surface area contributed by atoms with Crippen molar-refractivity contribution in [1.29, 1.82) is 0 Å². The molecule has 5 heteroatoms. The minimum atomic E-state index is -3.90. The first-order valence-corrected chi connectivity index (χ1v) is 5.09. The van der Waals surface area contributed by atoms with E-state index < -0.39 is 10.1 Å². The zero-order chi connectivity index (χ0) is 9.19. The Morgan fingerprint density at radius 3 is 2.31 bits per heavy atom. The molecule has 1 rings (SSSR count). The summed E-state index contributed by atoms with van der Waals surface area (Å²) in [6.45, 7) is 1.81. The topological polar surface area (TPSA) is 54.4 Å². The second-order valence-corrected chi connectivity index (χ2v) is 4.11. The molecule has 67 valence electrons. The van der Waals surface area contributed by atoms with Gasteiger partial charge >= 0.3 is 0 Å². The second kappa shape index (κ2) is 5.12. The summed E-state index contributed by atoms with van der Waals surface area (Å²) in [5.41, 5.74) is 1.51. The molecule has 0 unspecified atom stereocenters. The quantitative estimate of drug-likeness (QED) is 0.584. The SMILES string of the molecule is Cc1ccccc1CS(=O)(=O)O.[Na]. The van der Waals surface area contributed by atoms with Crippen molar-refractivity contribution in [2.75, 3.05) is 0 Å². The van der Waals surface area contributed by atoms with Crippen molar-refractivity contribution >= 4 is 39.7 Å². The van der Waals surface area contributed by atoms with E-state index in [0.717, 1.165) is 5.56 Å². The van der Waals surface area contributed by atoms with Crippen LogP contribution in [0.15, 0.2) is 24.3 Å². The Balaban J connectivity index is 0.00000144. The fraction of sp³-hybridized carbons (Fsp3) is 0.250. The molecule has 0 aliphatic carbocycles. The maximum atomic E-state index is 10.5. The first kappa shape index (κ1) is 13.1. The maximum absolute atomic E-state index is 10.5. The van der Waals surface area contributed by atoms with Crippen LogP contribution >= 0.6 is 0 Å². The number of rotatable bonds is 2. The molecule has 0 aliphatic rings. The number of benzene rings is 1. The van der Waals surface area contributed by atoms with Gasteiger partial charge in [-0.25, -0.2) is 0 Å². The third kappa shape index (κ3) is 4.78. The molecule has 1 aromatic carbocycles. The van der Waals surface area contributed by atoms with Crippen LogP contribution in [-0.2, 0) is 15.9 Å². The molecule has 1 N–H and O–H groups in total. The van der Waals surface area contributed by atoms with Gasteiger partial charge in [0.25, 0.3) is 10.1 Å². The van der Waals surface area contributed by atoms with Gasteiger partial charge in [-0.15, -0.1) is 0 Å². The van der Waals surface area contributed by atoms with E-state index in [9.17, 15) is 8.42 Å². The van der Waals surface area contributed by atoms with E-state index in [2.05, 4.69) is 0 Å². The molecule has 0 heterocycles. The van der Waals surface area contributed by atoms with Crippen LogP contribution in [0.2, 0.25) is 0 Å². The molecule has 1 radical (unpaired) electrons. The smallest absolute Gasteiger partial charge is 0.269 e. The van der Waals surface area contributed by atoms with Crippen LogP contribution in [0.4, 0.5) is 0 Å². The van der Waals surface area contributed by atoms with Gasteiger partial charge in [-0.3, -0.25) is 4.55 Å². The van der Waals surface area contributed by atoms with Crippen LogP contribution in [-0.4, -0.2) is 42.5 Å². The molecular formula is C8H10NaO3S. The predicted octanol–water partition coefficient (Wildman–Crippen LogP) is 1.00. The first-order chi connectivity index (χ1) is 5.49. The van der Waals surface area contributed by atoms with E-state index in [1.165, 1.54) is 0 Å². The van der Waals surface area contributed by atoms with Crippen LogP contribution in [0, 0.1) is 6.92 Å². The van der Waals surface area contributed by atoms with Crippen molar-refractivity contribution in [2.24, 2.45) is 0 Å². The summed E-state index contributed by atoms with van der Waals surface area (Å²) in [5, 5.41) is 0.